The van der Waals surface area contributed by atoms with Gasteiger partial charge in [0.2, 0.25) is 0 Å². The molecule has 2 N–H and O–H groups in total. The van der Waals surface area contributed by atoms with E-state index in [9.17, 15) is 0 Å². The first-order valence-corrected chi connectivity index (χ1v) is 9.81. The molecule has 144 valence electrons. The summed E-state index contributed by atoms with van der Waals surface area (Å²) in [6.45, 7) is 4.84. The Bertz CT molecular complexity index is 920. The van der Waals surface area contributed by atoms with Gasteiger partial charge in [0.05, 0.1) is 6.61 Å². The number of hydrogen-bond donors (Lipinski definition) is 2. The van der Waals surface area contributed by atoms with Crippen LogP contribution in [0.4, 0.5) is 0 Å². The zero-order valence-corrected chi connectivity index (χ0v) is 17.2. The van der Waals surface area contributed by atoms with Gasteiger partial charge in [0, 0.05) is 34.6 Å². The molecular weight excluding hydrogens is 379 g/mol. The Morgan fingerprint density at radius 3 is 2.81 bits per heavy atom. The van der Waals surface area contributed by atoms with Crippen molar-refractivity contribution in [3.05, 3.63) is 63.8 Å². The van der Waals surface area contributed by atoms with E-state index in [4.69, 9.17) is 16.3 Å². The smallest absolute Gasteiger partial charge is 0.119 e. The molecule has 5 heteroatoms. The molecular formula is C22H26Cl2N2O. The van der Waals surface area contributed by atoms with Crippen molar-refractivity contribution < 1.29 is 4.74 Å². The lowest BCUT2D eigenvalue weighted by molar-refractivity contribution is 0.311. The van der Waals surface area contributed by atoms with Crippen molar-refractivity contribution in [3.8, 4) is 5.75 Å². The maximum Gasteiger partial charge on any atom is 0.119 e. The van der Waals surface area contributed by atoms with Crippen molar-refractivity contribution in [3.63, 3.8) is 0 Å². The molecule has 0 atom stereocenters. The van der Waals surface area contributed by atoms with Crippen molar-refractivity contribution in [2.45, 2.75) is 32.6 Å². The summed E-state index contributed by atoms with van der Waals surface area (Å²) in [5, 5.41) is 5.72. The summed E-state index contributed by atoms with van der Waals surface area (Å²) in [4.78, 5) is 3.64. The fourth-order valence-corrected chi connectivity index (χ4v) is 3.98. The Morgan fingerprint density at radius 2 is 1.96 bits per heavy atom. The normalized spacial score (nSPS) is 13.7. The highest BCUT2D eigenvalue weighted by Crippen LogP contribution is 2.29. The fourth-order valence-electron chi connectivity index (χ4n) is 3.86. The fraction of sp³-hybridized carbons (Fsp3) is 0.364. The lowest BCUT2D eigenvalue weighted by Crippen LogP contribution is -2.16. The van der Waals surface area contributed by atoms with Crippen LogP contribution in [0.5, 0.6) is 5.75 Å². The monoisotopic (exact) mass is 404 g/mol. The van der Waals surface area contributed by atoms with Crippen molar-refractivity contribution in [2.75, 3.05) is 19.7 Å². The molecule has 0 saturated carbocycles. The van der Waals surface area contributed by atoms with Gasteiger partial charge in [-0.1, -0.05) is 23.7 Å². The van der Waals surface area contributed by atoms with Gasteiger partial charge in [-0.15, -0.1) is 12.4 Å². The molecule has 3 aromatic rings. The average Bonchev–Trinajstić information content (AvgIpc) is 2.84. The molecule has 4 rings (SSSR count). The lowest BCUT2D eigenvalue weighted by atomic mass is 9.99. The third kappa shape index (κ3) is 4.43. The quantitative estimate of drug-likeness (QED) is 0.569. The van der Waals surface area contributed by atoms with Crippen LogP contribution in [0.3, 0.4) is 0 Å². The van der Waals surface area contributed by atoms with Gasteiger partial charge in [-0.2, -0.15) is 0 Å². The molecule has 2 heterocycles. The molecule has 1 aliphatic heterocycles. The maximum absolute atomic E-state index is 6.07. The second-order valence-corrected chi connectivity index (χ2v) is 7.44. The van der Waals surface area contributed by atoms with Gasteiger partial charge in [-0.05, 0) is 73.7 Å². The number of nitrogens with one attached hydrogen (secondary N) is 2. The molecule has 1 aromatic heterocycles. The SMILES string of the molecule is Cc1cc(OCCCc2cccc3[nH]c4c(c23)CCNCC4)ccc1Cl.Cl. The van der Waals surface area contributed by atoms with Crippen LogP contribution >= 0.6 is 24.0 Å². The number of fused-ring (bicyclic) bond motifs is 3. The molecule has 27 heavy (non-hydrogen) atoms. The average molecular weight is 405 g/mol. The zero-order valence-electron chi connectivity index (χ0n) is 15.6. The minimum atomic E-state index is 0. The first-order valence-electron chi connectivity index (χ1n) is 9.43. The number of H-pyrrole nitrogens is 1. The summed E-state index contributed by atoms with van der Waals surface area (Å²) in [6.07, 6.45) is 4.22. The summed E-state index contributed by atoms with van der Waals surface area (Å²) < 4.78 is 5.91. The van der Waals surface area contributed by atoms with E-state index in [0.717, 1.165) is 55.1 Å². The van der Waals surface area contributed by atoms with Crippen LogP contribution in [-0.2, 0) is 19.3 Å². The van der Waals surface area contributed by atoms with Crippen LogP contribution in [0.25, 0.3) is 10.9 Å². The Hall–Kier alpha value is -1.68. The van der Waals surface area contributed by atoms with Gasteiger partial charge in [-0.25, -0.2) is 0 Å². The van der Waals surface area contributed by atoms with E-state index in [-0.39, 0.29) is 12.4 Å². The van der Waals surface area contributed by atoms with Crippen molar-refractivity contribution in [1.82, 2.24) is 10.3 Å². The van der Waals surface area contributed by atoms with Gasteiger partial charge in [0.15, 0.2) is 0 Å². The van der Waals surface area contributed by atoms with E-state index in [0.29, 0.717) is 6.61 Å². The van der Waals surface area contributed by atoms with Gasteiger partial charge in [0.1, 0.15) is 5.75 Å². The summed E-state index contributed by atoms with van der Waals surface area (Å²) in [6, 6.07) is 12.5. The number of aromatic amines is 1. The van der Waals surface area contributed by atoms with E-state index in [1.54, 1.807) is 0 Å². The minimum Gasteiger partial charge on any atom is -0.494 e. The van der Waals surface area contributed by atoms with E-state index < -0.39 is 0 Å². The molecule has 0 bridgehead atoms. The molecule has 3 nitrogen and oxygen atoms in total. The van der Waals surface area contributed by atoms with Crippen LogP contribution in [0.2, 0.25) is 5.02 Å². The van der Waals surface area contributed by atoms with Crippen LogP contribution in [0.15, 0.2) is 36.4 Å². The molecule has 0 fully saturated rings. The van der Waals surface area contributed by atoms with E-state index in [1.807, 2.05) is 25.1 Å². The topological polar surface area (TPSA) is 37.0 Å². The van der Waals surface area contributed by atoms with Crippen LogP contribution in [0.1, 0.15) is 28.8 Å². The molecule has 0 unspecified atom stereocenters. The molecule has 1 aliphatic rings. The van der Waals surface area contributed by atoms with Gasteiger partial charge in [-0.3, -0.25) is 0 Å². The van der Waals surface area contributed by atoms with Gasteiger partial charge < -0.3 is 15.0 Å². The van der Waals surface area contributed by atoms with Gasteiger partial charge in [0.25, 0.3) is 0 Å². The number of aryl methyl sites for hydroxylation is 2. The lowest BCUT2D eigenvalue weighted by Gasteiger charge is -2.09. The highest BCUT2D eigenvalue weighted by molar-refractivity contribution is 6.31. The Kier molecular flexibility index (Phi) is 6.69. The predicted octanol–water partition coefficient (Wildman–Crippen LogP) is 5.25. The third-order valence-electron chi connectivity index (χ3n) is 5.19. The first kappa shape index (κ1) is 20.1. The van der Waals surface area contributed by atoms with Crippen LogP contribution in [0, 0.1) is 6.92 Å². The second kappa shape index (κ2) is 9.01. The molecule has 0 amide bonds. The molecule has 0 aliphatic carbocycles. The number of halogens is 2. The number of aromatic nitrogens is 1. The summed E-state index contributed by atoms with van der Waals surface area (Å²) in [7, 11) is 0. The van der Waals surface area contributed by atoms with Crippen LogP contribution in [-0.4, -0.2) is 24.7 Å². The van der Waals surface area contributed by atoms with E-state index in [2.05, 4.69) is 28.5 Å². The maximum atomic E-state index is 6.07. The van der Waals surface area contributed by atoms with Gasteiger partial charge >= 0.3 is 0 Å². The summed E-state index contributed by atoms with van der Waals surface area (Å²) in [5.41, 5.74) is 6.68. The first-order chi connectivity index (χ1) is 12.7. The van der Waals surface area contributed by atoms with E-state index >= 15 is 0 Å². The number of hydrogen-bond acceptors (Lipinski definition) is 2. The standard InChI is InChI=1S/C22H25ClN2O.ClH/c1-15-14-17(7-8-19(15)23)26-13-3-5-16-4-2-6-21-22(16)18-9-11-24-12-10-20(18)25-21;/h2,4,6-8,14,24-25H,3,5,9-13H2,1H3;1H. The minimum absolute atomic E-state index is 0. The predicted molar refractivity (Wildman–Crippen MR) is 116 cm³/mol. The summed E-state index contributed by atoms with van der Waals surface area (Å²) >= 11 is 6.07. The summed E-state index contributed by atoms with van der Waals surface area (Å²) in [5.74, 6) is 0.895. The highest BCUT2D eigenvalue weighted by Gasteiger charge is 2.16. The number of rotatable bonds is 5. The van der Waals surface area contributed by atoms with Crippen molar-refractivity contribution in [1.29, 1.82) is 0 Å². The Morgan fingerprint density at radius 1 is 1.11 bits per heavy atom. The Labute approximate surface area is 171 Å². The highest BCUT2D eigenvalue weighted by atomic mass is 35.5. The molecule has 0 saturated heterocycles. The molecule has 2 aromatic carbocycles. The van der Waals surface area contributed by atoms with E-state index in [1.165, 1.54) is 27.7 Å². The number of benzene rings is 2. The largest absolute Gasteiger partial charge is 0.494 e. The van der Waals surface area contributed by atoms with Crippen LogP contribution < -0.4 is 10.1 Å². The molecule has 0 spiro atoms. The molecule has 0 radical (unpaired) electrons. The number of ether oxygens (including phenoxy) is 1. The Balaban J connectivity index is 0.00000210. The zero-order chi connectivity index (χ0) is 17.9. The second-order valence-electron chi connectivity index (χ2n) is 7.03. The van der Waals surface area contributed by atoms with Crippen molar-refractivity contribution >= 4 is 34.9 Å². The third-order valence-corrected chi connectivity index (χ3v) is 5.62. The van der Waals surface area contributed by atoms with Crippen molar-refractivity contribution in [2.24, 2.45) is 0 Å².